The fourth-order valence-corrected chi connectivity index (χ4v) is 4.45. The molecule has 1 aromatic heterocycles. The molecule has 148 valence electrons. The van der Waals surface area contributed by atoms with Crippen LogP contribution in [0.5, 0.6) is 0 Å². The normalized spacial score (nSPS) is 16.8. The highest BCUT2D eigenvalue weighted by Gasteiger charge is 2.20. The average molecular weight is 380 g/mol. The second-order valence-electron chi connectivity index (χ2n) is 7.63. The largest absolute Gasteiger partial charge is 0.363 e. The van der Waals surface area contributed by atoms with E-state index >= 15 is 0 Å². The van der Waals surface area contributed by atoms with Gasteiger partial charge < -0.3 is 15.5 Å². The van der Waals surface area contributed by atoms with Crippen molar-refractivity contribution in [3.63, 3.8) is 0 Å². The molecule has 1 aromatic rings. The highest BCUT2D eigenvalue weighted by molar-refractivity contribution is 7.14. The number of guanidine groups is 1. The number of anilines is 1. The number of hydrogen-bond donors (Lipinski definition) is 2. The topological polar surface area (TPSA) is 42.9 Å². The lowest BCUT2D eigenvalue weighted by Gasteiger charge is -2.33. The molecule has 26 heavy (non-hydrogen) atoms. The smallest absolute Gasteiger partial charge is 0.191 e. The zero-order valence-corrected chi connectivity index (χ0v) is 18.0. The molecule has 1 saturated heterocycles. The number of thiophene rings is 1. The second kappa shape index (κ2) is 10.8. The van der Waals surface area contributed by atoms with Crippen LogP contribution in [0.2, 0.25) is 0 Å². The van der Waals surface area contributed by atoms with Gasteiger partial charge in [0.2, 0.25) is 0 Å². The molecule has 0 unspecified atom stereocenters. The van der Waals surface area contributed by atoms with Crippen molar-refractivity contribution in [1.82, 2.24) is 15.5 Å². The summed E-state index contributed by atoms with van der Waals surface area (Å²) in [4.78, 5) is 9.44. The van der Waals surface area contributed by atoms with Gasteiger partial charge in [-0.05, 0) is 64.5 Å². The van der Waals surface area contributed by atoms with Crippen LogP contribution in [0.1, 0.15) is 47.0 Å². The highest BCUT2D eigenvalue weighted by Crippen LogP contribution is 2.24. The lowest BCUT2D eigenvalue weighted by molar-refractivity contribution is 0.173. The van der Waals surface area contributed by atoms with Gasteiger partial charge in [0, 0.05) is 51.4 Å². The first-order chi connectivity index (χ1) is 12.5. The Hall–Kier alpha value is -1.27. The number of aliphatic imine (C=N–C) groups is 1. The lowest BCUT2D eigenvalue weighted by Crippen LogP contribution is -2.49. The maximum Gasteiger partial charge on any atom is 0.191 e. The molecule has 0 spiro atoms. The molecule has 0 atom stereocenters. The first-order valence-corrected chi connectivity index (χ1v) is 10.9. The summed E-state index contributed by atoms with van der Waals surface area (Å²) < 4.78 is 0. The molecule has 0 amide bonds. The van der Waals surface area contributed by atoms with Crippen molar-refractivity contribution in [1.29, 1.82) is 0 Å². The minimum Gasteiger partial charge on any atom is -0.363 e. The highest BCUT2D eigenvalue weighted by atomic mass is 32.1. The van der Waals surface area contributed by atoms with E-state index in [4.69, 9.17) is 0 Å². The molecule has 1 fully saturated rings. The van der Waals surface area contributed by atoms with Crippen molar-refractivity contribution in [2.75, 3.05) is 38.1 Å². The zero-order valence-electron chi connectivity index (χ0n) is 17.2. The summed E-state index contributed by atoms with van der Waals surface area (Å²) in [7, 11) is 1.87. The predicted octanol–water partition coefficient (Wildman–Crippen LogP) is 3.39. The van der Waals surface area contributed by atoms with Crippen LogP contribution in [0.3, 0.4) is 0 Å². The van der Waals surface area contributed by atoms with Gasteiger partial charge >= 0.3 is 0 Å². The molecular formula is C20H37N5S. The van der Waals surface area contributed by atoms with Crippen LogP contribution >= 0.6 is 11.3 Å². The van der Waals surface area contributed by atoms with E-state index < -0.39 is 0 Å². The predicted molar refractivity (Wildman–Crippen MR) is 116 cm³/mol. The van der Waals surface area contributed by atoms with E-state index in [9.17, 15) is 0 Å². The van der Waals surface area contributed by atoms with E-state index in [0.29, 0.717) is 18.1 Å². The maximum absolute atomic E-state index is 4.41. The van der Waals surface area contributed by atoms with Gasteiger partial charge in [-0.1, -0.05) is 0 Å². The summed E-state index contributed by atoms with van der Waals surface area (Å²) in [5.41, 5.74) is 0. The Morgan fingerprint density at radius 3 is 2.50 bits per heavy atom. The number of nitrogens with one attached hydrogen (secondary N) is 2. The van der Waals surface area contributed by atoms with E-state index in [-0.39, 0.29) is 0 Å². The Balaban J connectivity index is 1.67. The molecule has 0 radical (unpaired) electrons. The number of nitrogens with zero attached hydrogens (tertiary/aromatic N) is 3. The Morgan fingerprint density at radius 1 is 1.27 bits per heavy atom. The van der Waals surface area contributed by atoms with E-state index in [1.54, 1.807) is 0 Å². The summed E-state index contributed by atoms with van der Waals surface area (Å²) in [6.45, 7) is 13.4. The molecule has 6 heteroatoms. The first-order valence-electron chi connectivity index (χ1n) is 10.0. The molecule has 2 N–H and O–H groups in total. The van der Waals surface area contributed by atoms with Crippen molar-refractivity contribution in [3.8, 4) is 0 Å². The van der Waals surface area contributed by atoms with Crippen molar-refractivity contribution >= 4 is 22.3 Å². The van der Waals surface area contributed by atoms with Gasteiger partial charge in [0.1, 0.15) is 0 Å². The summed E-state index contributed by atoms with van der Waals surface area (Å²) >= 11 is 1.83. The van der Waals surface area contributed by atoms with Crippen molar-refractivity contribution < 1.29 is 0 Å². The fraction of sp³-hybridized carbons (Fsp3) is 0.750. The summed E-state index contributed by atoms with van der Waals surface area (Å²) in [5.74, 6) is 0.945. The van der Waals surface area contributed by atoms with Crippen LogP contribution in [0.25, 0.3) is 0 Å². The van der Waals surface area contributed by atoms with Crippen molar-refractivity contribution in [2.24, 2.45) is 4.99 Å². The summed E-state index contributed by atoms with van der Waals surface area (Å²) in [5, 5.41) is 10.6. The zero-order chi connectivity index (χ0) is 18.9. The van der Waals surface area contributed by atoms with E-state index in [1.807, 2.05) is 18.4 Å². The molecule has 1 aliphatic heterocycles. The molecule has 5 nitrogen and oxygen atoms in total. The van der Waals surface area contributed by atoms with Crippen LogP contribution in [-0.4, -0.2) is 62.2 Å². The monoisotopic (exact) mass is 379 g/mol. The minimum absolute atomic E-state index is 0.514. The van der Waals surface area contributed by atoms with Gasteiger partial charge in [-0.25, -0.2) is 0 Å². The van der Waals surface area contributed by atoms with Crippen LogP contribution in [0.4, 0.5) is 5.00 Å². The first kappa shape index (κ1) is 21.0. The Bertz CT molecular complexity index is 510. The molecule has 0 bridgehead atoms. The van der Waals surface area contributed by atoms with Gasteiger partial charge in [0.25, 0.3) is 0 Å². The SMILES string of the molecule is CN=C(NCCCN(C(C)C)C(C)C)NC1CCN(c2cccs2)CC1. The maximum atomic E-state index is 4.41. The number of hydrogen-bond acceptors (Lipinski definition) is 4. The third-order valence-corrected chi connectivity index (χ3v) is 6.02. The third kappa shape index (κ3) is 6.47. The Labute approximate surface area is 163 Å². The summed E-state index contributed by atoms with van der Waals surface area (Å²) in [6, 6.07) is 6.06. The average Bonchev–Trinajstić information content (AvgIpc) is 3.15. The Morgan fingerprint density at radius 2 is 1.96 bits per heavy atom. The van der Waals surface area contributed by atoms with Crippen molar-refractivity contribution in [2.45, 2.75) is 65.1 Å². The van der Waals surface area contributed by atoms with Crippen LogP contribution < -0.4 is 15.5 Å². The van der Waals surface area contributed by atoms with Gasteiger partial charge in [0.15, 0.2) is 5.96 Å². The molecule has 2 rings (SSSR count). The van der Waals surface area contributed by atoms with Gasteiger partial charge in [-0.2, -0.15) is 0 Å². The standard InChI is InChI=1S/C20H37N5S/c1-16(2)25(17(3)4)12-7-11-22-20(21-5)23-18-9-13-24(14-10-18)19-8-6-15-26-19/h6,8,15-18H,7,9-14H2,1-5H3,(H2,21,22,23). The minimum atomic E-state index is 0.514. The molecule has 0 aliphatic carbocycles. The van der Waals surface area contributed by atoms with E-state index in [2.05, 4.69) is 70.6 Å². The summed E-state index contributed by atoms with van der Waals surface area (Å²) in [6.07, 6.45) is 3.45. The molecular weight excluding hydrogens is 342 g/mol. The van der Waals surface area contributed by atoms with Crippen molar-refractivity contribution in [3.05, 3.63) is 17.5 Å². The molecule has 2 heterocycles. The quantitative estimate of drug-likeness (QED) is 0.413. The van der Waals surface area contributed by atoms with Crippen LogP contribution in [-0.2, 0) is 0 Å². The second-order valence-corrected chi connectivity index (χ2v) is 8.56. The van der Waals surface area contributed by atoms with Gasteiger partial charge in [0.05, 0.1) is 5.00 Å². The van der Waals surface area contributed by atoms with Crippen LogP contribution in [0, 0.1) is 0 Å². The van der Waals surface area contributed by atoms with E-state index in [0.717, 1.165) is 51.4 Å². The van der Waals surface area contributed by atoms with E-state index in [1.165, 1.54) is 5.00 Å². The molecule has 1 aliphatic rings. The number of piperidine rings is 1. The number of rotatable bonds is 8. The molecule has 0 saturated carbocycles. The Kier molecular flexibility index (Phi) is 8.72. The van der Waals surface area contributed by atoms with Crippen LogP contribution in [0.15, 0.2) is 22.5 Å². The molecule has 0 aromatic carbocycles. The van der Waals surface area contributed by atoms with Gasteiger partial charge in [-0.15, -0.1) is 11.3 Å². The fourth-order valence-electron chi connectivity index (χ4n) is 3.66. The third-order valence-electron chi connectivity index (χ3n) is 5.09. The lowest BCUT2D eigenvalue weighted by atomic mass is 10.1. The van der Waals surface area contributed by atoms with Gasteiger partial charge in [-0.3, -0.25) is 9.89 Å².